The number of benzene rings is 1. The molecule has 5 nitrogen and oxygen atoms in total. The van der Waals surface area contributed by atoms with E-state index in [1.165, 1.54) is 6.20 Å². The third-order valence-corrected chi connectivity index (χ3v) is 2.49. The summed E-state index contributed by atoms with van der Waals surface area (Å²) in [5, 5.41) is 15.5. The molecule has 0 bridgehead atoms. The fourth-order valence-corrected chi connectivity index (χ4v) is 1.67. The summed E-state index contributed by atoms with van der Waals surface area (Å²) < 4.78 is 5.22. The molecular weight excluding hydrogens is 220 g/mol. The van der Waals surface area contributed by atoms with Gasteiger partial charge in [-0.15, -0.1) is 0 Å². The molecule has 0 saturated heterocycles. The van der Waals surface area contributed by atoms with Crippen LogP contribution in [0.5, 0.6) is 5.75 Å². The van der Waals surface area contributed by atoms with E-state index in [4.69, 9.17) is 9.84 Å². The number of nitrogens with zero attached hydrogens (tertiary/aromatic N) is 1. The van der Waals surface area contributed by atoms with Crippen molar-refractivity contribution in [2.45, 2.75) is 6.92 Å². The van der Waals surface area contributed by atoms with Gasteiger partial charge in [-0.25, -0.2) is 4.79 Å². The maximum Gasteiger partial charge on any atom is 0.339 e. The number of aromatic nitrogens is 2. The SMILES string of the molecule is COc1ccc(C)cc1-c1[nH]ncc1C(=O)O. The van der Waals surface area contributed by atoms with Crippen LogP contribution in [0.25, 0.3) is 11.3 Å². The van der Waals surface area contributed by atoms with Crippen LogP contribution < -0.4 is 4.74 Å². The first-order valence-corrected chi connectivity index (χ1v) is 5.05. The van der Waals surface area contributed by atoms with Crippen LogP contribution in [0.3, 0.4) is 0 Å². The van der Waals surface area contributed by atoms with Gasteiger partial charge in [0.15, 0.2) is 0 Å². The number of ether oxygens (including phenoxy) is 1. The highest BCUT2D eigenvalue weighted by Gasteiger charge is 2.17. The van der Waals surface area contributed by atoms with Crippen LogP contribution in [0.1, 0.15) is 15.9 Å². The van der Waals surface area contributed by atoms with Crippen molar-refractivity contribution < 1.29 is 14.6 Å². The van der Waals surface area contributed by atoms with Crippen LogP contribution in [0.4, 0.5) is 0 Å². The second-order valence-corrected chi connectivity index (χ2v) is 3.67. The van der Waals surface area contributed by atoms with Gasteiger partial charge in [0.05, 0.1) is 19.0 Å². The first-order valence-electron chi connectivity index (χ1n) is 5.05. The minimum atomic E-state index is -1.02. The molecule has 88 valence electrons. The minimum Gasteiger partial charge on any atom is -0.496 e. The first kappa shape index (κ1) is 11.2. The number of hydrogen-bond acceptors (Lipinski definition) is 3. The second kappa shape index (κ2) is 4.29. The Morgan fingerprint density at radius 3 is 2.88 bits per heavy atom. The zero-order valence-corrected chi connectivity index (χ0v) is 9.52. The van der Waals surface area contributed by atoms with Crippen molar-refractivity contribution in [1.29, 1.82) is 0 Å². The Bertz CT molecular complexity index is 561. The van der Waals surface area contributed by atoms with Gasteiger partial charge in [-0.2, -0.15) is 5.10 Å². The molecule has 0 aliphatic heterocycles. The molecule has 17 heavy (non-hydrogen) atoms. The van der Waals surface area contributed by atoms with Crippen LogP contribution in [-0.2, 0) is 0 Å². The Labute approximate surface area is 98.0 Å². The van der Waals surface area contributed by atoms with Crippen molar-refractivity contribution in [2.24, 2.45) is 0 Å². The number of aryl methyl sites for hydroxylation is 1. The highest BCUT2D eigenvalue weighted by atomic mass is 16.5. The Morgan fingerprint density at radius 2 is 2.24 bits per heavy atom. The number of carboxylic acids is 1. The Kier molecular flexibility index (Phi) is 2.82. The van der Waals surface area contributed by atoms with E-state index in [9.17, 15) is 4.79 Å². The summed E-state index contributed by atoms with van der Waals surface area (Å²) in [6, 6.07) is 5.56. The maximum absolute atomic E-state index is 11.0. The standard InChI is InChI=1S/C12H12N2O3/c1-7-3-4-10(17-2)8(5-7)11-9(12(15)16)6-13-14-11/h3-6H,1-2H3,(H,13,14)(H,15,16). The van der Waals surface area contributed by atoms with E-state index in [2.05, 4.69) is 10.2 Å². The lowest BCUT2D eigenvalue weighted by Gasteiger charge is -2.08. The number of carbonyl (C=O) groups is 1. The predicted octanol–water partition coefficient (Wildman–Crippen LogP) is 2.09. The van der Waals surface area contributed by atoms with Gasteiger partial charge in [-0.1, -0.05) is 11.6 Å². The lowest BCUT2D eigenvalue weighted by molar-refractivity contribution is 0.0698. The zero-order chi connectivity index (χ0) is 12.4. The number of aromatic amines is 1. The van der Waals surface area contributed by atoms with Crippen LogP contribution in [0, 0.1) is 6.92 Å². The van der Waals surface area contributed by atoms with Crippen LogP contribution in [0.15, 0.2) is 24.4 Å². The number of aromatic carboxylic acids is 1. The highest BCUT2D eigenvalue weighted by Crippen LogP contribution is 2.31. The number of nitrogens with one attached hydrogen (secondary N) is 1. The van der Waals surface area contributed by atoms with Gasteiger partial charge in [0.25, 0.3) is 0 Å². The molecule has 0 radical (unpaired) electrons. The fraction of sp³-hybridized carbons (Fsp3) is 0.167. The summed E-state index contributed by atoms with van der Waals surface area (Å²) >= 11 is 0. The van der Waals surface area contributed by atoms with E-state index in [0.29, 0.717) is 17.0 Å². The van der Waals surface area contributed by atoms with Crippen molar-refractivity contribution >= 4 is 5.97 Å². The number of H-pyrrole nitrogens is 1. The molecule has 2 rings (SSSR count). The molecular formula is C12H12N2O3. The third-order valence-electron chi connectivity index (χ3n) is 2.49. The van der Waals surface area contributed by atoms with Crippen LogP contribution in [-0.4, -0.2) is 28.4 Å². The third kappa shape index (κ3) is 1.99. The van der Waals surface area contributed by atoms with Crippen LogP contribution >= 0.6 is 0 Å². The van der Waals surface area contributed by atoms with Crippen molar-refractivity contribution in [2.75, 3.05) is 7.11 Å². The van der Waals surface area contributed by atoms with Gasteiger partial charge >= 0.3 is 5.97 Å². The maximum atomic E-state index is 11.0. The quantitative estimate of drug-likeness (QED) is 0.849. The predicted molar refractivity (Wildman–Crippen MR) is 62.3 cm³/mol. The van der Waals surface area contributed by atoms with Gasteiger partial charge in [0, 0.05) is 5.56 Å². The minimum absolute atomic E-state index is 0.133. The summed E-state index contributed by atoms with van der Waals surface area (Å²) in [6.07, 6.45) is 1.29. The number of rotatable bonds is 3. The number of methoxy groups -OCH3 is 1. The smallest absolute Gasteiger partial charge is 0.339 e. The Morgan fingerprint density at radius 1 is 1.47 bits per heavy atom. The van der Waals surface area contributed by atoms with Crippen molar-refractivity contribution in [1.82, 2.24) is 10.2 Å². The monoisotopic (exact) mass is 232 g/mol. The largest absolute Gasteiger partial charge is 0.496 e. The average molecular weight is 232 g/mol. The number of hydrogen-bond donors (Lipinski definition) is 2. The van der Waals surface area contributed by atoms with Gasteiger partial charge in [-0.05, 0) is 19.1 Å². The van der Waals surface area contributed by atoms with Crippen molar-refractivity contribution in [3.05, 3.63) is 35.5 Å². The molecule has 5 heteroatoms. The molecule has 0 atom stereocenters. The van der Waals surface area contributed by atoms with Gasteiger partial charge in [0.1, 0.15) is 11.3 Å². The van der Waals surface area contributed by atoms with E-state index >= 15 is 0 Å². The van der Waals surface area contributed by atoms with Gasteiger partial charge < -0.3 is 9.84 Å². The topological polar surface area (TPSA) is 75.2 Å². The Balaban J connectivity index is 2.63. The average Bonchev–Trinajstić information content (AvgIpc) is 2.77. The molecule has 1 aromatic heterocycles. The Hall–Kier alpha value is -2.30. The molecule has 2 N–H and O–H groups in total. The molecule has 0 saturated carbocycles. The fourth-order valence-electron chi connectivity index (χ4n) is 1.67. The molecule has 1 heterocycles. The summed E-state index contributed by atoms with van der Waals surface area (Å²) in [5.41, 5.74) is 2.31. The summed E-state index contributed by atoms with van der Waals surface area (Å²) in [7, 11) is 1.55. The molecule has 1 aromatic carbocycles. The lowest BCUT2D eigenvalue weighted by atomic mass is 10.0. The zero-order valence-electron chi connectivity index (χ0n) is 9.52. The van der Waals surface area contributed by atoms with E-state index in [-0.39, 0.29) is 5.56 Å². The number of carboxylic acid groups (broad SMARTS) is 1. The first-order chi connectivity index (χ1) is 8.13. The molecule has 0 spiro atoms. The molecule has 0 fully saturated rings. The van der Waals surface area contributed by atoms with Crippen molar-refractivity contribution in [3.8, 4) is 17.0 Å². The molecule has 0 aliphatic rings. The molecule has 0 aliphatic carbocycles. The highest BCUT2D eigenvalue weighted by molar-refractivity contribution is 5.95. The van der Waals surface area contributed by atoms with E-state index in [0.717, 1.165) is 5.56 Å². The van der Waals surface area contributed by atoms with Gasteiger partial charge in [-0.3, -0.25) is 5.10 Å². The second-order valence-electron chi connectivity index (χ2n) is 3.67. The molecule has 0 unspecified atom stereocenters. The molecule has 2 aromatic rings. The molecule has 0 amide bonds. The van der Waals surface area contributed by atoms with E-state index in [1.807, 2.05) is 19.1 Å². The van der Waals surface area contributed by atoms with Crippen molar-refractivity contribution in [3.63, 3.8) is 0 Å². The van der Waals surface area contributed by atoms with E-state index in [1.54, 1.807) is 13.2 Å². The summed E-state index contributed by atoms with van der Waals surface area (Å²) in [5.74, 6) is -0.403. The van der Waals surface area contributed by atoms with Gasteiger partial charge in [0.2, 0.25) is 0 Å². The van der Waals surface area contributed by atoms with Crippen LogP contribution in [0.2, 0.25) is 0 Å². The normalized spacial score (nSPS) is 10.2. The van der Waals surface area contributed by atoms with E-state index < -0.39 is 5.97 Å². The summed E-state index contributed by atoms with van der Waals surface area (Å²) in [4.78, 5) is 11.0. The lowest BCUT2D eigenvalue weighted by Crippen LogP contribution is -1.98. The summed E-state index contributed by atoms with van der Waals surface area (Å²) in [6.45, 7) is 1.93.